The summed E-state index contributed by atoms with van der Waals surface area (Å²) in [5, 5.41) is 8.80. The van der Waals surface area contributed by atoms with Crippen LogP contribution < -0.4 is 0 Å². The van der Waals surface area contributed by atoms with Crippen LogP contribution in [0.1, 0.15) is 33.1 Å². The molecule has 4 nitrogen and oxygen atoms in total. The van der Waals surface area contributed by atoms with Crippen molar-refractivity contribution in [2.24, 2.45) is 0 Å². The van der Waals surface area contributed by atoms with Gasteiger partial charge in [-0.05, 0) is 17.9 Å². The number of aliphatic carboxylic acids is 1. The maximum atomic E-state index is 11.1. The van der Waals surface area contributed by atoms with E-state index in [9.17, 15) is 9.59 Å². The first-order valence-electron chi connectivity index (χ1n) is 5.11. The number of rotatable bonds is 8. The third-order valence-electron chi connectivity index (χ3n) is 1.73. The zero-order valence-electron chi connectivity index (χ0n) is 9.19. The molecule has 0 saturated heterocycles. The predicted octanol–water partition coefficient (Wildman–Crippen LogP) is 1.93. The highest BCUT2D eigenvalue weighted by molar-refractivity contribution is 7.99. The van der Waals surface area contributed by atoms with E-state index in [0.717, 1.165) is 5.75 Å². The molecule has 0 bridgehead atoms. The van der Waals surface area contributed by atoms with Crippen LogP contribution in [0.2, 0.25) is 0 Å². The van der Waals surface area contributed by atoms with Crippen LogP contribution in [0.4, 0.5) is 0 Å². The fraction of sp³-hybridized carbons (Fsp3) is 0.800. The molecule has 5 heteroatoms. The highest BCUT2D eigenvalue weighted by Gasteiger charge is 2.21. The van der Waals surface area contributed by atoms with Gasteiger partial charge in [0.25, 0.3) is 0 Å². The average Bonchev–Trinajstić information content (AvgIpc) is 2.16. The lowest BCUT2D eigenvalue weighted by Crippen LogP contribution is -2.27. The van der Waals surface area contributed by atoms with Crippen molar-refractivity contribution < 1.29 is 19.4 Å². The Morgan fingerprint density at radius 1 is 1.40 bits per heavy atom. The summed E-state index contributed by atoms with van der Waals surface area (Å²) in [5.74, 6) is 0.157. The van der Waals surface area contributed by atoms with Crippen LogP contribution in [-0.4, -0.2) is 34.7 Å². The molecule has 88 valence electrons. The van der Waals surface area contributed by atoms with E-state index < -0.39 is 18.0 Å². The van der Waals surface area contributed by atoms with Crippen molar-refractivity contribution in [2.75, 3.05) is 11.5 Å². The molecule has 0 aliphatic carbocycles. The summed E-state index contributed by atoms with van der Waals surface area (Å²) in [6.45, 7) is 3.85. The third kappa shape index (κ3) is 7.25. The molecular weight excluding hydrogens is 216 g/mol. The summed E-state index contributed by atoms with van der Waals surface area (Å²) >= 11 is 1.64. The van der Waals surface area contributed by atoms with E-state index in [-0.39, 0.29) is 6.42 Å². The van der Waals surface area contributed by atoms with Gasteiger partial charge in [-0.15, -0.1) is 0 Å². The lowest BCUT2D eigenvalue weighted by molar-refractivity contribution is -0.164. The van der Waals surface area contributed by atoms with E-state index in [2.05, 4.69) is 0 Å². The Bertz CT molecular complexity index is 206. The summed E-state index contributed by atoms with van der Waals surface area (Å²) in [5.41, 5.74) is 0. The molecule has 0 radical (unpaired) electrons. The van der Waals surface area contributed by atoms with Gasteiger partial charge in [-0.2, -0.15) is 11.8 Å². The van der Waals surface area contributed by atoms with Gasteiger partial charge in [0.05, 0.1) is 0 Å². The number of carboxylic acid groups (broad SMARTS) is 1. The van der Waals surface area contributed by atoms with E-state index in [1.807, 2.05) is 13.8 Å². The summed E-state index contributed by atoms with van der Waals surface area (Å²) in [6.07, 6.45) is 0.353. The van der Waals surface area contributed by atoms with Crippen molar-refractivity contribution in [1.82, 2.24) is 0 Å². The van der Waals surface area contributed by atoms with Crippen LogP contribution in [0.25, 0.3) is 0 Å². The van der Waals surface area contributed by atoms with Crippen LogP contribution >= 0.6 is 11.8 Å². The largest absolute Gasteiger partial charge is 0.479 e. The Morgan fingerprint density at radius 3 is 2.53 bits per heavy atom. The van der Waals surface area contributed by atoms with E-state index in [1.54, 1.807) is 11.8 Å². The van der Waals surface area contributed by atoms with Gasteiger partial charge >= 0.3 is 11.9 Å². The molecule has 15 heavy (non-hydrogen) atoms. The summed E-state index contributed by atoms with van der Waals surface area (Å²) in [4.78, 5) is 21.8. The molecule has 0 amide bonds. The molecule has 0 spiro atoms. The van der Waals surface area contributed by atoms with Crippen LogP contribution in [0, 0.1) is 0 Å². The van der Waals surface area contributed by atoms with Crippen LogP contribution in [0.3, 0.4) is 0 Å². The van der Waals surface area contributed by atoms with E-state index in [1.165, 1.54) is 0 Å². The smallest absolute Gasteiger partial charge is 0.345 e. The average molecular weight is 234 g/mol. The Labute approximate surface area is 94.4 Å². The molecule has 0 aromatic carbocycles. The number of carbonyl (C=O) groups is 2. The molecule has 0 aliphatic heterocycles. The fourth-order valence-corrected chi connectivity index (χ4v) is 1.66. The van der Waals surface area contributed by atoms with Crippen LogP contribution in [0.15, 0.2) is 0 Å². The predicted molar refractivity (Wildman–Crippen MR) is 60.0 cm³/mol. The molecule has 0 aliphatic rings. The topological polar surface area (TPSA) is 63.6 Å². The summed E-state index contributed by atoms with van der Waals surface area (Å²) in [6, 6.07) is 0. The molecule has 0 fully saturated rings. The standard InChI is InChI=1S/C10H18O4S/c1-3-5-9(11)14-8(10(12)13)6-7-15-4-2/h8H,3-7H2,1-2H3,(H,12,13). The molecule has 1 atom stereocenters. The fourth-order valence-electron chi connectivity index (χ4n) is 0.989. The Kier molecular flexibility index (Phi) is 8.18. The molecule has 0 rings (SSSR count). The first-order chi connectivity index (χ1) is 7.11. The lowest BCUT2D eigenvalue weighted by Gasteiger charge is -2.12. The second-order valence-corrected chi connectivity index (χ2v) is 4.45. The summed E-state index contributed by atoms with van der Waals surface area (Å²) in [7, 11) is 0. The van der Waals surface area contributed by atoms with Crippen molar-refractivity contribution in [2.45, 2.75) is 39.2 Å². The summed E-state index contributed by atoms with van der Waals surface area (Å²) < 4.78 is 4.85. The molecule has 0 heterocycles. The maximum absolute atomic E-state index is 11.1. The van der Waals surface area contributed by atoms with E-state index >= 15 is 0 Å². The second-order valence-electron chi connectivity index (χ2n) is 3.05. The number of hydrogen-bond acceptors (Lipinski definition) is 4. The van der Waals surface area contributed by atoms with Crippen molar-refractivity contribution >= 4 is 23.7 Å². The maximum Gasteiger partial charge on any atom is 0.345 e. The molecule has 0 saturated carbocycles. The monoisotopic (exact) mass is 234 g/mol. The Morgan fingerprint density at radius 2 is 2.07 bits per heavy atom. The van der Waals surface area contributed by atoms with Gasteiger partial charge in [0.2, 0.25) is 0 Å². The van der Waals surface area contributed by atoms with Crippen molar-refractivity contribution in [3.63, 3.8) is 0 Å². The number of carbonyl (C=O) groups excluding carboxylic acids is 1. The normalized spacial score (nSPS) is 12.1. The number of ether oxygens (including phenoxy) is 1. The van der Waals surface area contributed by atoms with E-state index in [4.69, 9.17) is 9.84 Å². The van der Waals surface area contributed by atoms with Gasteiger partial charge in [0.1, 0.15) is 0 Å². The Balaban J connectivity index is 3.93. The van der Waals surface area contributed by atoms with Crippen molar-refractivity contribution in [1.29, 1.82) is 0 Å². The van der Waals surface area contributed by atoms with E-state index in [0.29, 0.717) is 18.6 Å². The van der Waals surface area contributed by atoms with Gasteiger partial charge in [-0.3, -0.25) is 4.79 Å². The minimum absolute atomic E-state index is 0.282. The van der Waals surface area contributed by atoms with Gasteiger partial charge in [-0.25, -0.2) is 4.79 Å². The molecule has 1 unspecified atom stereocenters. The first-order valence-corrected chi connectivity index (χ1v) is 6.27. The number of thioether (sulfide) groups is 1. The van der Waals surface area contributed by atoms with Crippen LogP contribution in [0.5, 0.6) is 0 Å². The van der Waals surface area contributed by atoms with Gasteiger partial charge in [-0.1, -0.05) is 13.8 Å². The van der Waals surface area contributed by atoms with Gasteiger partial charge in [0, 0.05) is 12.8 Å². The SMILES string of the molecule is CCCC(=O)OC(CCSCC)C(=O)O. The molecular formula is C10H18O4S. The highest BCUT2D eigenvalue weighted by atomic mass is 32.2. The lowest BCUT2D eigenvalue weighted by atomic mass is 10.3. The molecule has 0 aromatic heterocycles. The van der Waals surface area contributed by atoms with Crippen LogP contribution in [-0.2, 0) is 14.3 Å². The highest BCUT2D eigenvalue weighted by Crippen LogP contribution is 2.08. The Hall–Kier alpha value is -0.710. The second kappa shape index (κ2) is 8.59. The zero-order chi connectivity index (χ0) is 11.7. The zero-order valence-corrected chi connectivity index (χ0v) is 10.0. The first kappa shape index (κ1) is 14.3. The van der Waals surface area contributed by atoms with Crippen molar-refractivity contribution in [3.05, 3.63) is 0 Å². The number of esters is 1. The quantitative estimate of drug-likeness (QED) is 0.513. The molecule has 1 N–H and O–H groups in total. The minimum Gasteiger partial charge on any atom is -0.479 e. The minimum atomic E-state index is -1.06. The third-order valence-corrected chi connectivity index (χ3v) is 2.66. The molecule has 0 aromatic rings. The van der Waals surface area contributed by atoms with Gasteiger partial charge < -0.3 is 9.84 Å². The number of hydrogen-bond donors (Lipinski definition) is 1. The number of carboxylic acids is 1. The van der Waals surface area contributed by atoms with Gasteiger partial charge in [0.15, 0.2) is 6.10 Å². The van der Waals surface area contributed by atoms with Crippen molar-refractivity contribution in [3.8, 4) is 0 Å².